The molecule has 2 aromatic rings. The van der Waals surface area contributed by atoms with Gasteiger partial charge in [0, 0.05) is 0 Å². The predicted molar refractivity (Wildman–Crippen MR) is 90.1 cm³/mol. The lowest BCUT2D eigenvalue weighted by molar-refractivity contribution is 0.0133. The van der Waals surface area contributed by atoms with Gasteiger partial charge in [-0.05, 0) is 24.0 Å². The summed E-state index contributed by atoms with van der Waals surface area (Å²) in [7, 11) is 0. The fraction of sp³-hybridized carbons (Fsp3) is 0.444. The van der Waals surface area contributed by atoms with Crippen molar-refractivity contribution < 1.29 is 18.6 Å². The van der Waals surface area contributed by atoms with E-state index in [0.29, 0.717) is 6.42 Å². The summed E-state index contributed by atoms with van der Waals surface area (Å²) < 4.78 is 33.4. The van der Waals surface area contributed by atoms with Gasteiger partial charge in [0.05, 0.1) is 12.1 Å². The summed E-state index contributed by atoms with van der Waals surface area (Å²) in [5.74, 6) is -2.08. The fourth-order valence-corrected chi connectivity index (χ4v) is 2.38. The van der Waals surface area contributed by atoms with Crippen LogP contribution in [0.1, 0.15) is 33.2 Å². The Morgan fingerprint density at radius 3 is 2.68 bits per heavy atom. The number of aliphatic hydroxyl groups excluding tert-OH is 1. The molecule has 0 aliphatic heterocycles. The second-order valence-electron chi connectivity index (χ2n) is 6.82. The maximum Gasteiger partial charge on any atom is 0.200 e. The van der Waals surface area contributed by atoms with Crippen molar-refractivity contribution in [3.05, 3.63) is 54.6 Å². The largest absolute Gasteiger partial charge is 0.486 e. The van der Waals surface area contributed by atoms with Crippen LogP contribution < -0.4 is 4.74 Å². The fourth-order valence-electron chi connectivity index (χ4n) is 2.38. The van der Waals surface area contributed by atoms with Crippen LogP contribution in [0.4, 0.5) is 8.78 Å². The third-order valence-electron chi connectivity index (χ3n) is 3.82. The molecule has 1 heterocycles. The average Bonchev–Trinajstić information content (AvgIpc) is 3.07. The van der Waals surface area contributed by atoms with Gasteiger partial charge < -0.3 is 9.84 Å². The van der Waals surface area contributed by atoms with E-state index >= 15 is 0 Å². The van der Waals surface area contributed by atoms with E-state index in [-0.39, 0.29) is 23.8 Å². The first-order valence-corrected chi connectivity index (χ1v) is 8.04. The van der Waals surface area contributed by atoms with Crippen molar-refractivity contribution >= 4 is 0 Å². The van der Waals surface area contributed by atoms with Crippen LogP contribution in [0.2, 0.25) is 0 Å². The monoisotopic (exact) mass is 351 g/mol. The first kappa shape index (κ1) is 19.1. The molecule has 0 saturated carbocycles. The zero-order valence-corrected chi connectivity index (χ0v) is 14.6. The standard InChI is InChI=1S/C18H23F2N3O2/c1-18(2,3)17(24)14(23-12-21-11-22-23)8-4-5-10-25-15-9-6-7-13(19)16(15)20/h4-7,9,11-12,14,17,24H,8,10H2,1-3H3/b5-4+. The first-order chi connectivity index (χ1) is 11.8. The van der Waals surface area contributed by atoms with Gasteiger partial charge in [0.25, 0.3) is 0 Å². The summed E-state index contributed by atoms with van der Waals surface area (Å²) in [5.41, 5.74) is -0.328. The van der Waals surface area contributed by atoms with E-state index in [4.69, 9.17) is 4.74 Å². The molecule has 0 aliphatic rings. The molecular formula is C18H23F2N3O2. The second kappa shape index (κ2) is 8.20. The van der Waals surface area contributed by atoms with Gasteiger partial charge in [-0.3, -0.25) is 0 Å². The molecule has 0 amide bonds. The van der Waals surface area contributed by atoms with Gasteiger partial charge in [-0.25, -0.2) is 14.1 Å². The summed E-state index contributed by atoms with van der Waals surface area (Å²) in [5, 5.41) is 14.7. The van der Waals surface area contributed by atoms with Crippen LogP contribution in [0.3, 0.4) is 0 Å². The highest BCUT2D eigenvalue weighted by molar-refractivity contribution is 5.25. The van der Waals surface area contributed by atoms with Crippen LogP contribution in [-0.2, 0) is 0 Å². The van der Waals surface area contributed by atoms with Gasteiger partial charge in [0.2, 0.25) is 5.82 Å². The normalized spacial score (nSPS) is 14.6. The minimum Gasteiger partial charge on any atom is -0.486 e. The van der Waals surface area contributed by atoms with Gasteiger partial charge in [-0.1, -0.05) is 39.0 Å². The number of benzene rings is 1. The summed E-state index contributed by atoms with van der Waals surface area (Å²) in [4.78, 5) is 3.92. The van der Waals surface area contributed by atoms with Gasteiger partial charge in [-0.15, -0.1) is 0 Å². The molecule has 1 aromatic heterocycles. The number of nitrogens with zero attached hydrogens (tertiary/aromatic N) is 3. The third kappa shape index (κ3) is 5.09. The molecule has 0 aliphatic carbocycles. The Balaban J connectivity index is 1.96. The highest BCUT2D eigenvalue weighted by Gasteiger charge is 2.31. The van der Waals surface area contributed by atoms with E-state index in [1.54, 1.807) is 17.1 Å². The second-order valence-corrected chi connectivity index (χ2v) is 6.82. The molecule has 0 saturated heterocycles. The Hall–Kier alpha value is -2.28. The Morgan fingerprint density at radius 1 is 1.28 bits per heavy atom. The average molecular weight is 351 g/mol. The number of hydrogen-bond acceptors (Lipinski definition) is 4. The maximum absolute atomic E-state index is 13.5. The van der Waals surface area contributed by atoms with E-state index in [9.17, 15) is 13.9 Å². The van der Waals surface area contributed by atoms with Gasteiger partial charge >= 0.3 is 0 Å². The van der Waals surface area contributed by atoms with Crippen molar-refractivity contribution in [1.82, 2.24) is 14.8 Å². The van der Waals surface area contributed by atoms with Crippen LogP contribution in [0.25, 0.3) is 0 Å². The van der Waals surface area contributed by atoms with Gasteiger partial charge in [0.15, 0.2) is 11.6 Å². The number of hydrogen-bond donors (Lipinski definition) is 1. The molecule has 136 valence electrons. The van der Waals surface area contributed by atoms with Crippen molar-refractivity contribution in [3.8, 4) is 5.75 Å². The lowest BCUT2D eigenvalue weighted by atomic mass is 9.83. The van der Waals surface area contributed by atoms with Gasteiger partial charge in [-0.2, -0.15) is 9.49 Å². The van der Waals surface area contributed by atoms with Crippen molar-refractivity contribution in [1.29, 1.82) is 0 Å². The molecule has 2 rings (SSSR count). The number of aromatic nitrogens is 3. The number of allylic oxidation sites excluding steroid dienone is 1. The van der Waals surface area contributed by atoms with Crippen LogP contribution in [0.15, 0.2) is 43.0 Å². The third-order valence-corrected chi connectivity index (χ3v) is 3.82. The molecule has 1 aromatic carbocycles. The lowest BCUT2D eigenvalue weighted by Gasteiger charge is -2.32. The van der Waals surface area contributed by atoms with E-state index in [1.807, 2.05) is 26.8 Å². The van der Waals surface area contributed by atoms with Crippen LogP contribution in [0.5, 0.6) is 5.75 Å². The van der Waals surface area contributed by atoms with Crippen LogP contribution in [-0.4, -0.2) is 32.6 Å². The highest BCUT2D eigenvalue weighted by atomic mass is 19.2. The molecule has 2 atom stereocenters. The van der Waals surface area contributed by atoms with Crippen LogP contribution >= 0.6 is 0 Å². The molecule has 5 nitrogen and oxygen atoms in total. The Morgan fingerprint density at radius 2 is 2.04 bits per heavy atom. The maximum atomic E-state index is 13.5. The molecule has 0 spiro atoms. The number of ether oxygens (including phenoxy) is 1. The minimum absolute atomic E-state index is 0.0933. The Labute approximate surface area is 146 Å². The molecule has 7 heteroatoms. The molecular weight excluding hydrogens is 328 g/mol. The van der Waals surface area contributed by atoms with E-state index in [2.05, 4.69) is 10.1 Å². The minimum atomic E-state index is -1.00. The van der Waals surface area contributed by atoms with Gasteiger partial charge in [0.1, 0.15) is 19.3 Å². The van der Waals surface area contributed by atoms with E-state index < -0.39 is 17.7 Å². The summed E-state index contributed by atoms with van der Waals surface area (Å²) >= 11 is 0. The molecule has 25 heavy (non-hydrogen) atoms. The molecule has 1 N–H and O–H groups in total. The molecule has 0 bridgehead atoms. The Bertz CT molecular complexity index is 697. The zero-order chi connectivity index (χ0) is 18.4. The smallest absolute Gasteiger partial charge is 0.200 e. The SMILES string of the molecule is CC(C)(C)C(O)C(C/C=C/COc1cccc(F)c1F)n1cncn1. The van der Waals surface area contributed by atoms with Crippen LogP contribution in [0, 0.1) is 17.0 Å². The number of aliphatic hydroxyl groups is 1. The van der Waals surface area contributed by atoms with Crippen molar-refractivity contribution in [2.45, 2.75) is 39.3 Å². The first-order valence-electron chi connectivity index (χ1n) is 8.04. The summed E-state index contributed by atoms with van der Waals surface area (Å²) in [6, 6.07) is 3.50. The highest BCUT2D eigenvalue weighted by Crippen LogP contribution is 2.30. The predicted octanol–water partition coefficient (Wildman–Crippen LogP) is 3.53. The van der Waals surface area contributed by atoms with E-state index in [1.165, 1.54) is 18.5 Å². The van der Waals surface area contributed by atoms with Crippen molar-refractivity contribution in [2.24, 2.45) is 5.41 Å². The molecule has 0 fully saturated rings. The van der Waals surface area contributed by atoms with Crippen molar-refractivity contribution in [3.63, 3.8) is 0 Å². The molecule has 0 radical (unpaired) electrons. The topological polar surface area (TPSA) is 60.2 Å². The lowest BCUT2D eigenvalue weighted by Crippen LogP contribution is -2.35. The number of halogens is 2. The Kier molecular flexibility index (Phi) is 6.25. The summed E-state index contributed by atoms with van der Waals surface area (Å²) in [6.07, 6.45) is 6.35. The quantitative estimate of drug-likeness (QED) is 0.775. The van der Waals surface area contributed by atoms with Crippen molar-refractivity contribution in [2.75, 3.05) is 6.61 Å². The summed E-state index contributed by atoms with van der Waals surface area (Å²) in [6.45, 7) is 5.93. The molecule has 2 unspecified atom stereocenters. The zero-order valence-electron chi connectivity index (χ0n) is 14.6. The van der Waals surface area contributed by atoms with E-state index in [0.717, 1.165) is 6.07 Å². The number of rotatable bonds is 7.